The van der Waals surface area contributed by atoms with Gasteiger partial charge < -0.3 is 15.7 Å². The Kier molecular flexibility index (Phi) is 4.40. The summed E-state index contributed by atoms with van der Waals surface area (Å²) < 4.78 is 26.8. The van der Waals surface area contributed by atoms with Crippen molar-refractivity contribution in [2.75, 3.05) is 5.32 Å². The maximum atomic E-state index is 13.5. The molecule has 2 unspecified atom stereocenters. The van der Waals surface area contributed by atoms with Crippen LogP contribution in [0.2, 0.25) is 0 Å². The third kappa shape index (κ3) is 3.68. The van der Waals surface area contributed by atoms with Crippen LogP contribution in [0.25, 0.3) is 0 Å². The highest BCUT2D eigenvalue weighted by Gasteiger charge is 2.37. The number of aromatic carboxylic acids is 1. The van der Waals surface area contributed by atoms with Gasteiger partial charge in [0.25, 0.3) is 0 Å². The van der Waals surface area contributed by atoms with Crippen LogP contribution in [0.15, 0.2) is 12.1 Å². The fourth-order valence-electron chi connectivity index (χ4n) is 2.25. The predicted octanol–water partition coefficient (Wildman–Crippen LogP) is 2.97. The number of rotatable bonds is 5. The van der Waals surface area contributed by atoms with Gasteiger partial charge in [-0.1, -0.05) is 13.3 Å². The first-order chi connectivity index (χ1) is 9.92. The van der Waals surface area contributed by atoms with E-state index in [0.717, 1.165) is 25.3 Å². The van der Waals surface area contributed by atoms with E-state index in [-0.39, 0.29) is 11.7 Å². The molecule has 2 rings (SSSR count). The molecule has 0 radical (unpaired) electrons. The lowest BCUT2D eigenvalue weighted by Crippen LogP contribution is -2.32. The minimum Gasteiger partial charge on any atom is -0.478 e. The van der Waals surface area contributed by atoms with E-state index < -0.39 is 29.2 Å². The van der Waals surface area contributed by atoms with Gasteiger partial charge in [-0.25, -0.2) is 18.4 Å². The van der Waals surface area contributed by atoms with Gasteiger partial charge in [0.15, 0.2) is 0 Å². The molecule has 2 amide bonds. The van der Waals surface area contributed by atoms with Gasteiger partial charge in [0.05, 0.1) is 11.3 Å². The van der Waals surface area contributed by atoms with Crippen molar-refractivity contribution < 1.29 is 23.5 Å². The number of halogens is 2. The Balaban J connectivity index is 2.01. The first-order valence-corrected chi connectivity index (χ1v) is 6.72. The normalized spacial score (nSPS) is 20.0. The van der Waals surface area contributed by atoms with Gasteiger partial charge in [-0.05, 0) is 24.8 Å². The molecule has 1 aromatic rings. The molecule has 0 saturated heterocycles. The molecule has 1 saturated carbocycles. The molecule has 1 aliphatic rings. The van der Waals surface area contributed by atoms with Crippen LogP contribution in [0.5, 0.6) is 0 Å². The standard InChI is InChI=1S/C14H16F2N2O3/c1-2-3-7-4-11(7)17-14(21)18-12-5-8(13(19)20)9(15)6-10(12)16/h5-7,11H,2-4H2,1H3,(H,19,20)(H2,17,18,21). The summed E-state index contributed by atoms with van der Waals surface area (Å²) in [6.45, 7) is 2.05. The summed E-state index contributed by atoms with van der Waals surface area (Å²) in [5, 5.41) is 13.7. The molecule has 21 heavy (non-hydrogen) atoms. The largest absolute Gasteiger partial charge is 0.478 e. The summed E-state index contributed by atoms with van der Waals surface area (Å²) in [7, 11) is 0. The minimum atomic E-state index is -1.53. The zero-order valence-electron chi connectivity index (χ0n) is 11.5. The number of benzene rings is 1. The van der Waals surface area contributed by atoms with Gasteiger partial charge in [-0.2, -0.15) is 0 Å². The minimum absolute atomic E-state index is 0.0624. The van der Waals surface area contributed by atoms with Crippen molar-refractivity contribution in [1.29, 1.82) is 0 Å². The van der Waals surface area contributed by atoms with Crippen molar-refractivity contribution in [2.24, 2.45) is 5.92 Å². The summed E-state index contributed by atoms with van der Waals surface area (Å²) in [5.41, 5.74) is -1.05. The fraction of sp³-hybridized carbons (Fsp3) is 0.429. The molecule has 0 spiro atoms. The smallest absolute Gasteiger partial charge is 0.338 e. The Morgan fingerprint density at radius 3 is 2.67 bits per heavy atom. The van der Waals surface area contributed by atoms with E-state index in [2.05, 4.69) is 17.6 Å². The van der Waals surface area contributed by atoms with Crippen LogP contribution in [0.1, 0.15) is 36.5 Å². The number of urea groups is 1. The van der Waals surface area contributed by atoms with Crippen molar-refractivity contribution in [3.63, 3.8) is 0 Å². The summed E-state index contributed by atoms with van der Waals surface area (Å²) >= 11 is 0. The van der Waals surface area contributed by atoms with Crippen molar-refractivity contribution in [2.45, 2.75) is 32.2 Å². The molecule has 2 atom stereocenters. The number of hydrogen-bond donors (Lipinski definition) is 3. The van der Waals surface area contributed by atoms with E-state index in [9.17, 15) is 18.4 Å². The molecule has 1 fully saturated rings. The van der Waals surface area contributed by atoms with Crippen molar-refractivity contribution in [3.8, 4) is 0 Å². The lowest BCUT2D eigenvalue weighted by atomic mass is 10.2. The van der Waals surface area contributed by atoms with Gasteiger partial charge in [-0.15, -0.1) is 0 Å². The third-order valence-corrected chi connectivity index (χ3v) is 3.43. The van der Waals surface area contributed by atoms with Crippen LogP contribution >= 0.6 is 0 Å². The molecule has 0 aromatic heterocycles. The maximum Gasteiger partial charge on any atom is 0.338 e. The number of carbonyl (C=O) groups excluding carboxylic acids is 1. The van der Waals surface area contributed by atoms with Gasteiger partial charge in [-0.3, -0.25) is 0 Å². The van der Waals surface area contributed by atoms with Crippen molar-refractivity contribution >= 4 is 17.7 Å². The second kappa shape index (κ2) is 6.07. The van der Waals surface area contributed by atoms with E-state index in [4.69, 9.17) is 5.11 Å². The average Bonchev–Trinajstić information content (AvgIpc) is 3.10. The summed E-state index contributed by atoms with van der Waals surface area (Å²) in [6, 6.07) is 0.645. The number of carboxylic acids is 1. The number of hydrogen-bond acceptors (Lipinski definition) is 2. The van der Waals surface area contributed by atoms with Gasteiger partial charge in [0, 0.05) is 12.1 Å². The monoisotopic (exact) mass is 298 g/mol. The van der Waals surface area contributed by atoms with E-state index in [1.54, 1.807) is 0 Å². The van der Waals surface area contributed by atoms with Crippen LogP contribution < -0.4 is 10.6 Å². The Morgan fingerprint density at radius 1 is 1.33 bits per heavy atom. The molecule has 1 aromatic carbocycles. The zero-order chi connectivity index (χ0) is 15.6. The fourth-order valence-corrected chi connectivity index (χ4v) is 2.25. The Morgan fingerprint density at radius 2 is 2.05 bits per heavy atom. The van der Waals surface area contributed by atoms with Crippen molar-refractivity contribution in [3.05, 3.63) is 29.3 Å². The number of carbonyl (C=O) groups is 2. The average molecular weight is 298 g/mol. The second-order valence-electron chi connectivity index (χ2n) is 5.11. The highest BCUT2D eigenvalue weighted by molar-refractivity contribution is 5.93. The SMILES string of the molecule is CCCC1CC1NC(=O)Nc1cc(C(=O)O)c(F)cc1F. The molecular weight excluding hydrogens is 282 g/mol. The van der Waals surface area contributed by atoms with Crippen LogP contribution in [0.4, 0.5) is 19.3 Å². The zero-order valence-corrected chi connectivity index (χ0v) is 11.5. The Labute approximate surface area is 120 Å². The molecule has 114 valence electrons. The van der Waals surface area contributed by atoms with Crippen LogP contribution in [0, 0.1) is 17.6 Å². The van der Waals surface area contributed by atoms with E-state index in [0.29, 0.717) is 12.0 Å². The van der Waals surface area contributed by atoms with Crippen LogP contribution in [-0.2, 0) is 0 Å². The van der Waals surface area contributed by atoms with E-state index >= 15 is 0 Å². The molecule has 3 N–H and O–H groups in total. The van der Waals surface area contributed by atoms with Gasteiger partial charge >= 0.3 is 12.0 Å². The number of amides is 2. The predicted molar refractivity (Wildman–Crippen MR) is 72.3 cm³/mol. The number of anilines is 1. The first kappa shape index (κ1) is 15.2. The lowest BCUT2D eigenvalue weighted by Gasteiger charge is -2.09. The summed E-state index contributed by atoms with van der Waals surface area (Å²) in [5.74, 6) is -3.29. The molecule has 1 aliphatic carbocycles. The Hall–Kier alpha value is -2.18. The first-order valence-electron chi connectivity index (χ1n) is 6.72. The van der Waals surface area contributed by atoms with Gasteiger partial charge in [0.1, 0.15) is 11.6 Å². The quantitative estimate of drug-likeness (QED) is 0.782. The van der Waals surface area contributed by atoms with E-state index in [1.165, 1.54) is 0 Å². The lowest BCUT2D eigenvalue weighted by molar-refractivity contribution is 0.0692. The summed E-state index contributed by atoms with van der Waals surface area (Å²) in [4.78, 5) is 22.5. The Bertz CT molecular complexity index is 578. The third-order valence-electron chi connectivity index (χ3n) is 3.43. The number of carboxylic acid groups (broad SMARTS) is 1. The second-order valence-corrected chi connectivity index (χ2v) is 5.11. The van der Waals surface area contributed by atoms with E-state index in [1.807, 2.05) is 0 Å². The van der Waals surface area contributed by atoms with Gasteiger partial charge in [0.2, 0.25) is 0 Å². The highest BCUT2D eigenvalue weighted by Crippen LogP contribution is 2.34. The molecule has 0 heterocycles. The maximum absolute atomic E-state index is 13.5. The number of nitrogens with one attached hydrogen (secondary N) is 2. The topological polar surface area (TPSA) is 78.4 Å². The highest BCUT2D eigenvalue weighted by atomic mass is 19.1. The van der Waals surface area contributed by atoms with Crippen LogP contribution in [-0.4, -0.2) is 23.1 Å². The van der Waals surface area contributed by atoms with Crippen molar-refractivity contribution in [1.82, 2.24) is 5.32 Å². The molecule has 0 aliphatic heterocycles. The molecular formula is C14H16F2N2O3. The molecule has 0 bridgehead atoms. The molecule has 5 nitrogen and oxygen atoms in total. The summed E-state index contributed by atoms with van der Waals surface area (Å²) in [6.07, 6.45) is 2.92. The molecule has 7 heteroatoms. The van der Waals surface area contributed by atoms with Crippen LogP contribution in [0.3, 0.4) is 0 Å².